The Morgan fingerprint density at radius 3 is 2.96 bits per heavy atom. The minimum absolute atomic E-state index is 0.0387. The Morgan fingerprint density at radius 2 is 2.22 bits per heavy atom. The molecule has 1 fully saturated rings. The van der Waals surface area contributed by atoms with Gasteiger partial charge >= 0.3 is 0 Å². The Kier molecular flexibility index (Phi) is 5.38. The van der Waals surface area contributed by atoms with E-state index in [1.165, 1.54) is 18.7 Å². The van der Waals surface area contributed by atoms with E-state index >= 15 is 0 Å². The van der Waals surface area contributed by atoms with E-state index in [1.807, 2.05) is 34.0 Å². The van der Waals surface area contributed by atoms with Gasteiger partial charge in [0.1, 0.15) is 11.5 Å². The smallest absolute Gasteiger partial charge is 0.271 e. The summed E-state index contributed by atoms with van der Waals surface area (Å²) in [7, 11) is 0. The lowest BCUT2D eigenvalue weighted by atomic mass is 9.95. The molecule has 0 spiro atoms. The van der Waals surface area contributed by atoms with Crippen LogP contribution in [0.1, 0.15) is 54.8 Å². The Bertz CT molecular complexity index is 874. The zero-order valence-corrected chi connectivity index (χ0v) is 16.4. The number of aryl methyl sites for hydroxylation is 1. The normalized spacial score (nSPS) is 15.4. The van der Waals surface area contributed by atoms with E-state index in [0.717, 1.165) is 43.7 Å². The van der Waals surface area contributed by atoms with Crippen LogP contribution in [0.2, 0.25) is 0 Å². The van der Waals surface area contributed by atoms with Gasteiger partial charge < -0.3 is 9.47 Å². The molecule has 1 saturated heterocycles. The van der Waals surface area contributed by atoms with Crippen molar-refractivity contribution in [1.82, 2.24) is 24.6 Å². The van der Waals surface area contributed by atoms with Gasteiger partial charge in [0, 0.05) is 48.9 Å². The molecule has 3 aromatic heterocycles. The van der Waals surface area contributed by atoms with Gasteiger partial charge in [-0.2, -0.15) is 16.4 Å². The van der Waals surface area contributed by atoms with Gasteiger partial charge in [0.2, 0.25) is 0 Å². The van der Waals surface area contributed by atoms with Gasteiger partial charge in [-0.15, -0.1) is 0 Å². The maximum absolute atomic E-state index is 12.8. The minimum Gasteiger partial charge on any atom is -0.337 e. The van der Waals surface area contributed by atoms with Crippen LogP contribution in [0.25, 0.3) is 11.3 Å². The summed E-state index contributed by atoms with van der Waals surface area (Å²) in [5, 5.41) is 11.3. The number of nitrogens with zero attached hydrogens (tertiary/aromatic N) is 4. The van der Waals surface area contributed by atoms with Crippen molar-refractivity contribution in [3.63, 3.8) is 0 Å². The van der Waals surface area contributed by atoms with Crippen molar-refractivity contribution in [2.45, 2.75) is 45.1 Å². The van der Waals surface area contributed by atoms with Gasteiger partial charge in [0.15, 0.2) is 0 Å². The van der Waals surface area contributed by atoms with Crippen LogP contribution in [0.3, 0.4) is 0 Å². The van der Waals surface area contributed by atoms with Gasteiger partial charge in [-0.25, -0.2) is 4.98 Å². The summed E-state index contributed by atoms with van der Waals surface area (Å²) in [5.41, 5.74) is 2.44. The molecule has 6 nitrogen and oxygen atoms in total. The van der Waals surface area contributed by atoms with E-state index in [-0.39, 0.29) is 5.91 Å². The average Bonchev–Trinajstić information content (AvgIpc) is 3.47. The molecule has 0 aliphatic carbocycles. The molecule has 1 amide bonds. The molecule has 142 valence electrons. The van der Waals surface area contributed by atoms with Crippen molar-refractivity contribution in [1.29, 1.82) is 0 Å². The Morgan fingerprint density at radius 1 is 1.37 bits per heavy atom. The molecule has 0 unspecified atom stereocenters. The van der Waals surface area contributed by atoms with Crippen LogP contribution in [-0.2, 0) is 6.54 Å². The second-order valence-corrected chi connectivity index (χ2v) is 7.86. The SMILES string of the molecule is CCCCn1ccnc1C1CCN(C(=O)c2cc(-c3ccsc3)n[nH]2)CC1. The van der Waals surface area contributed by atoms with E-state index in [4.69, 9.17) is 0 Å². The molecular weight excluding hydrogens is 358 g/mol. The van der Waals surface area contributed by atoms with Gasteiger partial charge in [-0.05, 0) is 36.8 Å². The Balaban J connectivity index is 1.38. The highest BCUT2D eigenvalue weighted by molar-refractivity contribution is 7.08. The highest BCUT2D eigenvalue weighted by Crippen LogP contribution is 2.28. The van der Waals surface area contributed by atoms with Crippen LogP contribution < -0.4 is 0 Å². The molecule has 7 heteroatoms. The molecular formula is C20H25N5OS. The second kappa shape index (κ2) is 8.08. The molecule has 4 rings (SSSR count). The molecule has 1 aliphatic heterocycles. The molecule has 3 aromatic rings. The monoisotopic (exact) mass is 383 g/mol. The molecule has 0 atom stereocenters. The van der Waals surface area contributed by atoms with E-state index in [1.54, 1.807) is 11.3 Å². The fourth-order valence-corrected chi connectivity index (χ4v) is 4.35. The van der Waals surface area contributed by atoms with E-state index in [0.29, 0.717) is 11.6 Å². The molecule has 1 N–H and O–H groups in total. The lowest BCUT2D eigenvalue weighted by molar-refractivity contribution is 0.0704. The third kappa shape index (κ3) is 3.83. The zero-order chi connectivity index (χ0) is 18.6. The number of hydrogen-bond acceptors (Lipinski definition) is 4. The predicted octanol–water partition coefficient (Wildman–Crippen LogP) is 4.15. The fraction of sp³-hybridized carbons (Fsp3) is 0.450. The maximum Gasteiger partial charge on any atom is 0.271 e. The number of H-pyrrole nitrogens is 1. The summed E-state index contributed by atoms with van der Waals surface area (Å²) in [6, 6.07) is 3.87. The predicted molar refractivity (Wildman–Crippen MR) is 107 cm³/mol. The zero-order valence-electron chi connectivity index (χ0n) is 15.6. The number of likely N-dealkylation sites (tertiary alicyclic amines) is 1. The van der Waals surface area contributed by atoms with Crippen molar-refractivity contribution in [3.05, 3.63) is 46.8 Å². The van der Waals surface area contributed by atoms with E-state index in [9.17, 15) is 4.79 Å². The summed E-state index contributed by atoms with van der Waals surface area (Å²) in [6.45, 7) is 4.76. The number of carbonyl (C=O) groups excluding carboxylic acids is 1. The van der Waals surface area contributed by atoms with Crippen molar-refractivity contribution >= 4 is 17.2 Å². The Labute approximate surface area is 163 Å². The number of piperidine rings is 1. The summed E-state index contributed by atoms with van der Waals surface area (Å²) in [4.78, 5) is 19.3. The van der Waals surface area contributed by atoms with Crippen molar-refractivity contribution in [3.8, 4) is 11.3 Å². The number of aromatic amines is 1. The number of imidazole rings is 1. The summed E-state index contributed by atoms with van der Waals surface area (Å²) < 4.78 is 2.29. The lowest BCUT2D eigenvalue weighted by Gasteiger charge is -2.31. The van der Waals surface area contributed by atoms with Crippen molar-refractivity contribution in [2.75, 3.05) is 13.1 Å². The molecule has 0 aromatic carbocycles. The lowest BCUT2D eigenvalue weighted by Crippen LogP contribution is -2.38. The standard InChI is InChI=1S/C20H25N5OS/c1-2-3-8-24-11-7-21-19(24)15-4-9-25(10-5-15)20(26)18-13-17(22-23-18)16-6-12-27-14-16/h6-7,11-15H,2-5,8-10H2,1H3,(H,22,23). The van der Waals surface area contributed by atoms with Gasteiger partial charge in [-0.3, -0.25) is 9.89 Å². The quantitative estimate of drug-likeness (QED) is 0.695. The Hall–Kier alpha value is -2.41. The molecule has 0 bridgehead atoms. The first-order valence-electron chi connectivity index (χ1n) is 9.64. The van der Waals surface area contributed by atoms with Crippen LogP contribution >= 0.6 is 11.3 Å². The van der Waals surface area contributed by atoms with Gasteiger partial charge in [0.25, 0.3) is 5.91 Å². The number of nitrogens with one attached hydrogen (secondary N) is 1. The number of unbranched alkanes of at least 4 members (excludes halogenated alkanes) is 1. The average molecular weight is 384 g/mol. The van der Waals surface area contributed by atoms with Crippen molar-refractivity contribution < 1.29 is 4.79 Å². The topological polar surface area (TPSA) is 66.8 Å². The summed E-state index contributed by atoms with van der Waals surface area (Å²) >= 11 is 1.63. The number of rotatable bonds is 6. The number of thiophene rings is 1. The van der Waals surface area contributed by atoms with E-state index < -0.39 is 0 Å². The first-order chi connectivity index (χ1) is 13.3. The minimum atomic E-state index is 0.0387. The van der Waals surface area contributed by atoms with Crippen LogP contribution in [0.15, 0.2) is 35.3 Å². The fourth-order valence-electron chi connectivity index (χ4n) is 3.70. The second-order valence-electron chi connectivity index (χ2n) is 7.08. The van der Waals surface area contributed by atoms with Crippen molar-refractivity contribution in [2.24, 2.45) is 0 Å². The van der Waals surface area contributed by atoms with Crippen LogP contribution in [0.5, 0.6) is 0 Å². The number of carbonyl (C=O) groups is 1. The van der Waals surface area contributed by atoms with Gasteiger partial charge in [0.05, 0.1) is 5.69 Å². The van der Waals surface area contributed by atoms with Crippen LogP contribution in [0, 0.1) is 0 Å². The third-order valence-electron chi connectivity index (χ3n) is 5.27. The third-order valence-corrected chi connectivity index (χ3v) is 5.96. The summed E-state index contributed by atoms with van der Waals surface area (Å²) in [5.74, 6) is 1.65. The highest BCUT2D eigenvalue weighted by atomic mass is 32.1. The maximum atomic E-state index is 12.8. The molecule has 1 aliphatic rings. The van der Waals surface area contributed by atoms with Crippen LogP contribution in [0.4, 0.5) is 0 Å². The first-order valence-corrected chi connectivity index (χ1v) is 10.6. The number of aromatic nitrogens is 4. The van der Waals surface area contributed by atoms with E-state index in [2.05, 4.69) is 32.9 Å². The van der Waals surface area contributed by atoms with Gasteiger partial charge in [-0.1, -0.05) is 13.3 Å². The molecule has 27 heavy (non-hydrogen) atoms. The summed E-state index contributed by atoms with van der Waals surface area (Å²) in [6.07, 6.45) is 8.26. The van der Waals surface area contributed by atoms with Crippen LogP contribution in [-0.4, -0.2) is 43.6 Å². The first kappa shape index (κ1) is 18.0. The largest absolute Gasteiger partial charge is 0.337 e. The number of hydrogen-bond donors (Lipinski definition) is 1. The highest BCUT2D eigenvalue weighted by Gasteiger charge is 2.27. The molecule has 4 heterocycles. The molecule has 0 radical (unpaired) electrons. The molecule has 0 saturated carbocycles. The number of amides is 1.